The molecule has 0 heterocycles. The van der Waals surface area contributed by atoms with E-state index in [1.807, 2.05) is 0 Å². The second kappa shape index (κ2) is 6.77. The Morgan fingerprint density at radius 2 is 1.75 bits per heavy atom. The van der Waals surface area contributed by atoms with Gasteiger partial charge in [0, 0.05) is 22.3 Å². The predicted molar refractivity (Wildman–Crippen MR) is 76.9 cm³/mol. The summed E-state index contributed by atoms with van der Waals surface area (Å²) >= 11 is 11.9. The first-order chi connectivity index (χ1) is 9.54. The van der Waals surface area contributed by atoms with Crippen LogP contribution in [0, 0.1) is 0 Å². The minimum atomic E-state index is -2.82. The molecule has 0 unspecified atom stereocenters. The standard InChI is InChI=1S/C14H11Cl2F2NO/c15-10-1-6-13(16)9(7-10)8-19-11-2-4-12(5-3-11)20-14(17)18/h1-7,14,19H,8H2. The molecule has 0 amide bonds. The molecule has 20 heavy (non-hydrogen) atoms. The lowest BCUT2D eigenvalue weighted by Gasteiger charge is -2.10. The van der Waals surface area contributed by atoms with E-state index in [1.165, 1.54) is 12.1 Å². The Hall–Kier alpha value is -1.52. The molecule has 0 aliphatic carbocycles. The summed E-state index contributed by atoms with van der Waals surface area (Å²) in [6.45, 7) is -2.34. The average molecular weight is 318 g/mol. The van der Waals surface area contributed by atoms with Crippen molar-refractivity contribution in [2.75, 3.05) is 5.32 Å². The van der Waals surface area contributed by atoms with Gasteiger partial charge in [0.25, 0.3) is 0 Å². The topological polar surface area (TPSA) is 21.3 Å². The van der Waals surface area contributed by atoms with Gasteiger partial charge in [-0.25, -0.2) is 0 Å². The molecule has 2 aromatic rings. The predicted octanol–water partition coefficient (Wildman–Crippen LogP) is 5.21. The van der Waals surface area contributed by atoms with Gasteiger partial charge in [-0.2, -0.15) is 8.78 Å². The minimum absolute atomic E-state index is 0.117. The van der Waals surface area contributed by atoms with Crippen molar-refractivity contribution in [2.45, 2.75) is 13.2 Å². The summed E-state index contributed by atoms with van der Waals surface area (Å²) in [5.41, 5.74) is 1.62. The zero-order valence-electron chi connectivity index (χ0n) is 10.2. The second-order valence-electron chi connectivity index (χ2n) is 3.99. The van der Waals surface area contributed by atoms with Crippen LogP contribution in [0.5, 0.6) is 5.75 Å². The highest BCUT2D eigenvalue weighted by atomic mass is 35.5. The van der Waals surface area contributed by atoms with Crippen LogP contribution < -0.4 is 10.1 Å². The van der Waals surface area contributed by atoms with Gasteiger partial charge in [-0.05, 0) is 48.0 Å². The van der Waals surface area contributed by atoms with Gasteiger partial charge >= 0.3 is 6.61 Å². The normalized spacial score (nSPS) is 10.7. The number of halogens is 4. The Morgan fingerprint density at radius 3 is 2.40 bits per heavy atom. The van der Waals surface area contributed by atoms with Gasteiger partial charge in [-0.1, -0.05) is 23.2 Å². The number of anilines is 1. The maximum atomic E-state index is 12.0. The minimum Gasteiger partial charge on any atom is -0.435 e. The van der Waals surface area contributed by atoms with Crippen molar-refractivity contribution in [3.63, 3.8) is 0 Å². The average Bonchev–Trinajstić information content (AvgIpc) is 2.41. The van der Waals surface area contributed by atoms with Crippen molar-refractivity contribution in [1.29, 1.82) is 0 Å². The van der Waals surface area contributed by atoms with E-state index in [9.17, 15) is 8.78 Å². The smallest absolute Gasteiger partial charge is 0.387 e. The molecule has 0 aromatic heterocycles. The van der Waals surface area contributed by atoms with E-state index in [-0.39, 0.29) is 5.75 Å². The Kier molecular flexibility index (Phi) is 5.04. The first-order valence-corrected chi connectivity index (χ1v) is 6.53. The van der Waals surface area contributed by atoms with Gasteiger partial charge in [-0.3, -0.25) is 0 Å². The summed E-state index contributed by atoms with van der Waals surface area (Å²) in [6.07, 6.45) is 0. The maximum absolute atomic E-state index is 12.0. The van der Waals surface area contributed by atoms with Crippen LogP contribution >= 0.6 is 23.2 Å². The highest BCUT2D eigenvalue weighted by molar-refractivity contribution is 6.33. The van der Waals surface area contributed by atoms with Crippen molar-refractivity contribution < 1.29 is 13.5 Å². The van der Waals surface area contributed by atoms with Crippen LogP contribution in [-0.2, 0) is 6.54 Å². The summed E-state index contributed by atoms with van der Waals surface area (Å²) < 4.78 is 28.3. The van der Waals surface area contributed by atoms with E-state index >= 15 is 0 Å². The van der Waals surface area contributed by atoms with Crippen LogP contribution in [0.15, 0.2) is 42.5 Å². The third-order valence-electron chi connectivity index (χ3n) is 2.57. The van der Waals surface area contributed by atoms with E-state index < -0.39 is 6.61 Å². The second-order valence-corrected chi connectivity index (χ2v) is 4.84. The van der Waals surface area contributed by atoms with Crippen LogP contribution in [-0.4, -0.2) is 6.61 Å². The largest absolute Gasteiger partial charge is 0.435 e. The van der Waals surface area contributed by atoms with E-state index in [1.54, 1.807) is 30.3 Å². The fourth-order valence-electron chi connectivity index (χ4n) is 1.63. The molecule has 2 aromatic carbocycles. The van der Waals surface area contributed by atoms with Gasteiger partial charge in [0.05, 0.1) is 0 Å². The van der Waals surface area contributed by atoms with Crippen molar-refractivity contribution >= 4 is 28.9 Å². The van der Waals surface area contributed by atoms with Gasteiger partial charge in [-0.15, -0.1) is 0 Å². The molecule has 0 spiro atoms. The number of benzene rings is 2. The number of alkyl halides is 2. The Balaban J connectivity index is 1.98. The lowest BCUT2D eigenvalue weighted by atomic mass is 10.2. The Labute approximate surface area is 125 Å². The fourth-order valence-corrected chi connectivity index (χ4v) is 2.01. The zero-order valence-corrected chi connectivity index (χ0v) is 11.8. The fraction of sp³-hybridized carbons (Fsp3) is 0.143. The lowest BCUT2D eigenvalue weighted by Crippen LogP contribution is -2.03. The molecular weight excluding hydrogens is 307 g/mol. The van der Waals surface area contributed by atoms with Crippen LogP contribution in [0.1, 0.15) is 5.56 Å². The molecular formula is C14H11Cl2F2NO. The molecule has 0 saturated carbocycles. The molecule has 0 atom stereocenters. The maximum Gasteiger partial charge on any atom is 0.387 e. The Morgan fingerprint density at radius 1 is 1.05 bits per heavy atom. The highest BCUT2D eigenvalue weighted by Gasteiger charge is 2.04. The molecule has 2 nitrogen and oxygen atoms in total. The molecule has 6 heteroatoms. The van der Waals surface area contributed by atoms with Crippen molar-refractivity contribution in [3.05, 3.63) is 58.1 Å². The highest BCUT2D eigenvalue weighted by Crippen LogP contribution is 2.23. The number of hydrogen-bond acceptors (Lipinski definition) is 2. The van der Waals surface area contributed by atoms with Gasteiger partial charge in [0.15, 0.2) is 0 Å². The SMILES string of the molecule is FC(F)Oc1ccc(NCc2cc(Cl)ccc2Cl)cc1. The molecule has 0 aliphatic heterocycles. The van der Waals surface area contributed by atoms with Gasteiger partial charge in [0.2, 0.25) is 0 Å². The molecule has 0 bridgehead atoms. The summed E-state index contributed by atoms with van der Waals surface area (Å²) in [7, 11) is 0. The quantitative estimate of drug-likeness (QED) is 0.817. The molecule has 0 saturated heterocycles. The van der Waals surface area contributed by atoms with E-state index in [4.69, 9.17) is 23.2 Å². The van der Waals surface area contributed by atoms with Crippen LogP contribution in [0.3, 0.4) is 0 Å². The first-order valence-electron chi connectivity index (χ1n) is 5.77. The number of rotatable bonds is 5. The van der Waals surface area contributed by atoms with Crippen LogP contribution in [0.25, 0.3) is 0 Å². The van der Waals surface area contributed by atoms with E-state index in [2.05, 4.69) is 10.1 Å². The van der Waals surface area contributed by atoms with E-state index in [0.717, 1.165) is 11.3 Å². The third kappa shape index (κ3) is 4.25. The third-order valence-corrected chi connectivity index (χ3v) is 3.17. The number of ether oxygens (including phenoxy) is 1. The first kappa shape index (κ1) is 14.9. The lowest BCUT2D eigenvalue weighted by molar-refractivity contribution is -0.0498. The Bertz CT molecular complexity index is 576. The van der Waals surface area contributed by atoms with E-state index in [0.29, 0.717) is 16.6 Å². The summed E-state index contributed by atoms with van der Waals surface area (Å²) in [5.74, 6) is 0.117. The summed E-state index contributed by atoms with van der Waals surface area (Å²) in [5, 5.41) is 4.34. The molecule has 2 rings (SSSR count). The van der Waals surface area contributed by atoms with Gasteiger partial charge in [0.1, 0.15) is 5.75 Å². The van der Waals surface area contributed by atoms with Crippen LogP contribution in [0.2, 0.25) is 10.0 Å². The zero-order chi connectivity index (χ0) is 14.5. The summed E-state index contributed by atoms with van der Waals surface area (Å²) in [4.78, 5) is 0. The molecule has 0 fully saturated rings. The number of nitrogens with one attached hydrogen (secondary N) is 1. The monoisotopic (exact) mass is 317 g/mol. The molecule has 0 aliphatic rings. The number of hydrogen-bond donors (Lipinski definition) is 1. The van der Waals surface area contributed by atoms with Crippen LogP contribution in [0.4, 0.5) is 14.5 Å². The molecule has 106 valence electrons. The van der Waals surface area contributed by atoms with Crippen molar-refractivity contribution in [2.24, 2.45) is 0 Å². The summed E-state index contributed by atoms with van der Waals surface area (Å²) in [6, 6.07) is 11.4. The van der Waals surface area contributed by atoms with Crippen molar-refractivity contribution in [3.8, 4) is 5.75 Å². The molecule has 1 N–H and O–H groups in total. The van der Waals surface area contributed by atoms with Gasteiger partial charge < -0.3 is 10.1 Å². The molecule has 0 radical (unpaired) electrons. The van der Waals surface area contributed by atoms with Crippen molar-refractivity contribution in [1.82, 2.24) is 0 Å².